The molecule has 1 fully saturated rings. The maximum absolute atomic E-state index is 12.3. The van der Waals surface area contributed by atoms with Gasteiger partial charge in [0.2, 0.25) is 0 Å². The van der Waals surface area contributed by atoms with Crippen molar-refractivity contribution in [2.75, 3.05) is 13.2 Å². The number of rotatable bonds is 4. The van der Waals surface area contributed by atoms with E-state index in [0.29, 0.717) is 32.0 Å². The van der Waals surface area contributed by atoms with Crippen molar-refractivity contribution in [2.24, 2.45) is 11.3 Å². The molecule has 0 aromatic carbocycles. The first kappa shape index (κ1) is 14.1. The molecule has 0 aliphatic heterocycles. The molecule has 0 saturated heterocycles. The van der Waals surface area contributed by atoms with Crippen LogP contribution in [-0.4, -0.2) is 25.2 Å². The molecule has 0 amide bonds. The molecule has 4 heteroatoms. The van der Waals surface area contributed by atoms with E-state index in [1.54, 1.807) is 13.8 Å². The van der Waals surface area contributed by atoms with Crippen molar-refractivity contribution in [3.8, 4) is 0 Å². The van der Waals surface area contributed by atoms with E-state index in [9.17, 15) is 9.59 Å². The third kappa shape index (κ3) is 2.53. The second-order valence-electron chi connectivity index (χ2n) is 5.29. The maximum atomic E-state index is 12.3. The molecule has 0 N–H and O–H groups in total. The van der Waals surface area contributed by atoms with Gasteiger partial charge in [-0.25, -0.2) is 0 Å². The van der Waals surface area contributed by atoms with Gasteiger partial charge in [-0.2, -0.15) is 0 Å². The second kappa shape index (κ2) is 5.76. The highest BCUT2D eigenvalue weighted by atomic mass is 16.6. The van der Waals surface area contributed by atoms with Crippen molar-refractivity contribution in [3.63, 3.8) is 0 Å². The molecule has 19 heavy (non-hydrogen) atoms. The zero-order valence-corrected chi connectivity index (χ0v) is 11.7. The first-order valence-electron chi connectivity index (χ1n) is 7.17. The van der Waals surface area contributed by atoms with E-state index in [1.165, 1.54) is 5.57 Å². The van der Waals surface area contributed by atoms with E-state index in [1.807, 2.05) is 0 Å². The normalized spacial score (nSPS) is 24.3. The predicted molar refractivity (Wildman–Crippen MR) is 70.4 cm³/mol. The Morgan fingerprint density at radius 1 is 1.21 bits per heavy atom. The zero-order valence-electron chi connectivity index (χ0n) is 11.7. The van der Waals surface area contributed by atoms with E-state index in [0.717, 1.165) is 19.3 Å². The van der Waals surface area contributed by atoms with Crippen LogP contribution in [-0.2, 0) is 19.1 Å². The van der Waals surface area contributed by atoms with E-state index >= 15 is 0 Å². The van der Waals surface area contributed by atoms with Crippen LogP contribution in [0.1, 0.15) is 46.0 Å². The van der Waals surface area contributed by atoms with Gasteiger partial charge in [-0.3, -0.25) is 9.59 Å². The summed E-state index contributed by atoms with van der Waals surface area (Å²) in [6.45, 7) is 4.11. The number of allylic oxidation sites excluding steroid dienone is 2. The fourth-order valence-electron chi connectivity index (χ4n) is 3.20. The number of hydrogen-bond donors (Lipinski definition) is 0. The molecule has 0 aromatic rings. The molecule has 0 spiro atoms. The van der Waals surface area contributed by atoms with Gasteiger partial charge < -0.3 is 9.47 Å². The Morgan fingerprint density at radius 2 is 1.84 bits per heavy atom. The minimum absolute atomic E-state index is 0.294. The molecule has 1 saturated carbocycles. The lowest BCUT2D eigenvalue weighted by Crippen LogP contribution is -2.45. The Morgan fingerprint density at radius 3 is 2.42 bits per heavy atom. The standard InChI is InChI=1S/C15H22O4/c1-3-18-13(16)15(14(17)19-4-2)9-8-11-6-5-7-12(11)10-15/h7,11H,3-6,8-10H2,1-2H3/t11-/m0/s1. The molecule has 4 nitrogen and oxygen atoms in total. The highest BCUT2D eigenvalue weighted by molar-refractivity contribution is 6.00. The Hall–Kier alpha value is -1.32. The van der Waals surface area contributed by atoms with Gasteiger partial charge in [-0.1, -0.05) is 11.6 Å². The molecule has 1 atom stereocenters. The van der Waals surface area contributed by atoms with Crippen LogP contribution in [0.3, 0.4) is 0 Å². The Kier molecular flexibility index (Phi) is 4.27. The number of carbonyl (C=O) groups is 2. The van der Waals surface area contributed by atoms with Crippen molar-refractivity contribution < 1.29 is 19.1 Å². The minimum atomic E-state index is -1.10. The van der Waals surface area contributed by atoms with Crippen molar-refractivity contribution in [1.29, 1.82) is 0 Å². The van der Waals surface area contributed by atoms with E-state index in [2.05, 4.69) is 6.08 Å². The van der Waals surface area contributed by atoms with Crippen molar-refractivity contribution in [1.82, 2.24) is 0 Å². The molecule has 0 radical (unpaired) electrons. The van der Waals surface area contributed by atoms with Gasteiger partial charge in [0.15, 0.2) is 5.41 Å². The third-order valence-corrected chi connectivity index (χ3v) is 4.20. The summed E-state index contributed by atoms with van der Waals surface area (Å²) in [5, 5.41) is 0. The van der Waals surface area contributed by atoms with Gasteiger partial charge in [0, 0.05) is 0 Å². The van der Waals surface area contributed by atoms with Crippen LogP contribution in [0.15, 0.2) is 11.6 Å². The van der Waals surface area contributed by atoms with E-state index in [-0.39, 0.29) is 0 Å². The van der Waals surface area contributed by atoms with Crippen LogP contribution in [0.5, 0.6) is 0 Å². The number of hydrogen-bond acceptors (Lipinski definition) is 4. The zero-order chi connectivity index (χ0) is 13.9. The smallest absolute Gasteiger partial charge is 0.323 e. The summed E-state index contributed by atoms with van der Waals surface area (Å²) in [4.78, 5) is 24.5. The SMILES string of the molecule is CCOC(=O)C1(C(=O)OCC)CC[C@@H]2CCC=C2C1. The average molecular weight is 266 g/mol. The Balaban J connectivity index is 2.24. The quantitative estimate of drug-likeness (QED) is 0.446. The lowest BCUT2D eigenvalue weighted by atomic mass is 9.68. The minimum Gasteiger partial charge on any atom is -0.465 e. The van der Waals surface area contributed by atoms with E-state index in [4.69, 9.17) is 9.47 Å². The molecular weight excluding hydrogens is 244 g/mol. The highest BCUT2D eigenvalue weighted by Gasteiger charge is 2.52. The summed E-state index contributed by atoms with van der Waals surface area (Å²) >= 11 is 0. The molecule has 0 unspecified atom stereocenters. The summed E-state index contributed by atoms with van der Waals surface area (Å²) in [6, 6.07) is 0. The topological polar surface area (TPSA) is 52.6 Å². The molecule has 0 aromatic heterocycles. The maximum Gasteiger partial charge on any atom is 0.323 e. The molecule has 106 valence electrons. The number of carbonyl (C=O) groups excluding carboxylic acids is 2. The van der Waals surface area contributed by atoms with Gasteiger partial charge in [-0.05, 0) is 51.9 Å². The molecule has 2 aliphatic rings. The number of fused-ring (bicyclic) bond motifs is 1. The first-order chi connectivity index (χ1) is 9.14. The summed E-state index contributed by atoms with van der Waals surface area (Å²) in [5.41, 5.74) is 0.144. The van der Waals surface area contributed by atoms with Crippen LogP contribution in [0.4, 0.5) is 0 Å². The molecular formula is C15H22O4. The van der Waals surface area contributed by atoms with Gasteiger partial charge >= 0.3 is 11.9 Å². The van der Waals surface area contributed by atoms with Crippen LogP contribution in [0.25, 0.3) is 0 Å². The Labute approximate surface area is 114 Å². The van der Waals surface area contributed by atoms with Crippen LogP contribution < -0.4 is 0 Å². The summed E-state index contributed by atoms with van der Waals surface area (Å²) < 4.78 is 10.3. The lowest BCUT2D eigenvalue weighted by Gasteiger charge is -2.36. The van der Waals surface area contributed by atoms with Crippen LogP contribution in [0, 0.1) is 11.3 Å². The van der Waals surface area contributed by atoms with Gasteiger partial charge in [0.25, 0.3) is 0 Å². The van der Waals surface area contributed by atoms with Gasteiger partial charge in [0.1, 0.15) is 0 Å². The predicted octanol–water partition coefficient (Wildman–Crippen LogP) is 2.62. The molecule has 0 heterocycles. The summed E-state index contributed by atoms with van der Waals surface area (Å²) in [6.07, 6.45) is 6.29. The van der Waals surface area contributed by atoms with Crippen molar-refractivity contribution >= 4 is 11.9 Å². The monoisotopic (exact) mass is 266 g/mol. The van der Waals surface area contributed by atoms with Gasteiger partial charge in [0.05, 0.1) is 13.2 Å². The van der Waals surface area contributed by atoms with Crippen LogP contribution in [0.2, 0.25) is 0 Å². The highest BCUT2D eigenvalue weighted by Crippen LogP contribution is 2.48. The van der Waals surface area contributed by atoms with Gasteiger partial charge in [-0.15, -0.1) is 0 Å². The third-order valence-electron chi connectivity index (χ3n) is 4.20. The summed E-state index contributed by atoms with van der Waals surface area (Å²) in [7, 11) is 0. The molecule has 2 aliphatic carbocycles. The first-order valence-corrected chi connectivity index (χ1v) is 7.17. The van der Waals surface area contributed by atoms with E-state index < -0.39 is 17.4 Å². The number of esters is 2. The fraction of sp³-hybridized carbons (Fsp3) is 0.733. The van der Waals surface area contributed by atoms with Crippen molar-refractivity contribution in [2.45, 2.75) is 46.0 Å². The fourth-order valence-corrected chi connectivity index (χ4v) is 3.20. The molecule has 2 rings (SSSR count). The largest absolute Gasteiger partial charge is 0.465 e. The Bertz CT molecular complexity index is 379. The average Bonchev–Trinajstić information content (AvgIpc) is 2.85. The lowest BCUT2D eigenvalue weighted by molar-refractivity contribution is -0.174. The molecule has 0 bridgehead atoms. The summed E-state index contributed by atoms with van der Waals surface area (Å²) in [5.74, 6) is -0.281. The van der Waals surface area contributed by atoms with Crippen molar-refractivity contribution in [3.05, 3.63) is 11.6 Å². The van der Waals surface area contributed by atoms with Crippen LogP contribution >= 0.6 is 0 Å². The number of ether oxygens (including phenoxy) is 2. The second-order valence-corrected chi connectivity index (χ2v) is 5.29.